The monoisotopic (exact) mass is 328 g/mol. The van der Waals surface area contributed by atoms with Gasteiger partial charge in [0.2, 0.25) is 0 Å². The van der Waals surface area contributed by atoms with Gasteiger partial charge >= 0.3 is 0 Å². The second-order valence-electron chi connectivity index (χ2n) is 4.70. The highest BCUT2D eigenvalue weighted by molar-refractivity contribution is 7.89. The Morgan fingerprint density at radius 1 is 1.29 bits per heavy atom. The largest absolute Gasteiger partial charge is 0.371 e. The third kappa shape index (κ3) is 2.45. The Bertz CT molecular complexity index is 790. The molecule has 114 valence electrons. The SMILES string of the molecule is CNc1nc2ccccn2c1S(=O)(=O)N1CCS(=O)CC1. The van der Waals surface area contributed by atoms with Crippen LogP contribution in [-0.2, 0) is 20.8 Å². The molecule has 0 radical (unpaired) electrons. The minimum Gasteiger partial charge on any atom is -0.371 e. The van der Waals surface area contributed by atoms with E-state index >= 15 is 0 Å². The van der Waals surface area contributed by atoms with Gasteiger partial charge in [-0.25, -0.2) is 13.4 Å². The fourth-order valence-electron chi connectivity index (χ4n) is 2.37. The second kappa shape index (κ2) is 5.39. The zero-order chi connectivity index (χ0) is 15.0. The molecule has 3 heterocycles. The minimum atomic E-state index is -3.67. The highest BCUT2D eigenvalue weighted by atomic mass is 32.2. The normalized spacial score (nSPS) is 18.1. The van der Waals surface area contributed by atoms with E-state index in [4.69, 9.17) is 0 Å². The Morgan fingerprint density at radius 2 is 2.00 bits per heavy atom. The molecule has 0 bridgehead atoms. The van der Waals surface area contributed by atoms with E-state index in [0.717, 1.165) is 0 Å². The number of hydrogen-bond donors (Lipinski definition) is 1. The van der Waals surface area contributed by atoms with Gasteiger partial charge in [-0.3, -0.25) is 8.61 Å². The summed E-state index contributed by atoms with van der Waals surface area (Å²) in [4.78, 5) is 4.29. The van der Waals surface area contributed by atoms with Crippen LogP contribution in [-0.4, -0.2) is 58.0 Å². The van der Waals surface area contributed by atoms with E-state index in [1.54, 1.807) is 29.8 Å². The summed E-state index contributed by atoms with van der Waals surface area (Å²) in [6.07, 6.45) is 1.68. The number of hydrogen-bond acceptors (Lipinski definition) is 5. The summed E-state index contributed by atoms with van der Waals surface area (Å²) < 4.78 is 40.1. The van der Waals surface area contributed by atoms with Gasteiger partial charge in [0.05, 0.1) is 0 Å². The summed E-state index contributed by atoms with van der Waals surface area (Å²) in [6, 6.07) is 5.33. The molecule has 21 heavy (non-hydrogen) atoms. The molecule has 7 nitrogen and oxygen atoms in total. The Morgan fingerprint density at radius 3 is 2.67 bits per heavy atom. The van der Waals surface area contributed by atoms with E-state index in [-0.39, 0.29) is 18.1 Å². The maximum atomic E-state index is 12.9. The van der Waals surface area contributed by atoms with Gasteiger partial charge in [0, 0.05) is 48.6 Å². The summed E-state index contributed by atoms with van der Waals surface area (Å²) in [5, 5.41) is 2.97. The zero-order valence-corrected chi connectivity index (χ0v) is 13.2. The lowest BCUT2D eigenvalue weighted by Crippen LogP contribution is -2.42. The van der Waals surface area contributed by atoms with Crippen molar-refractivity contribution >= 4 is 32.3 Å². The molecule has 1 N–H and O–H groups in total. The minimum absolute atomic E-state index is 0.133. The average Bonchev–Trinajstić information content (AvgIpc) is 2.87. The van der Waals surface area contributed by atoms with Crippen LogP contribution in [0.5, 0.6) is 0 Å². The van der Waals surface area contributed by atoms with E-state index in [1.807, 2.05) is 6.07 Å². The fraction of sp³-hybridized carbons (Fsp3) is 0.417. The molecule has 1 aliphatic heterocycles. The van der Waals surface area contributed by atoms with Crippen molar-refractivity contribution < 1.29 is 12.6 Å². The fourth-order valence-corrected chi connectivity index (χ4v) is 5.35. The zero-order valence-electron chi connectivity index (χ0n) is 11.5. The average molecular weight is 328 g/mol. The van der Waals surface area contributed by atoms with Gasteiger partial charge in [0.15, 0.2) is 10.8 Å². The first-order chi connectivity index (χ1) is 10.0. The first-order valence-corrected chi connectivity index (χ1v) is 9.47. The van der Waals surface area contributed by atoms with Crippen molar-refractivity contribution in [3.63, 3.8) is 0 Å². The highest BCUT2D eigenvalue weighted by Crippen LogP contribution is 2.26. The van der Waals surface area contributed by atoms with Crippen LogP contribution in [0, 0.1) is 0 Å². The van der Waals surface area contributed by atoms with Crippen LogP contribution >= 0.6 is 0 Å². The van der Waals surface area contributed by atoms with Crippen molar-refractivity contribution in [3.05, 3.63) is 24.4 Å². The van der Waals surface area contributed by atoms with Gasteiger partial charge in [-0.2, -0.15) is 4.31 Å². The van der Waals surface area contributed by atoms with E-state index < -0.39 is 20.8 Å². The molecule has 0 spiro atoms. The van der Waals surface area contributed by atoms with E-state index in [0.29, 0.717) is 23.0 Å². The molecule has 2 aromatic heterocycles. The molecular formula is C12H16N4O3S2. The number of anilines is 1. The molecule has 0 aromatic carbocycles. The molecule has 1 fully saturated rings. The second-order valence-corrected chi connectivity index (χ2v) is 8.25. The molecule has 3 rings (SSSR count). The predicted octanol–water partition coefficient (Wildman–Crippen LogP) is 0.129. The van der Waals surface area contributed by atoms with E-state index in [2.05, 4.69) is 10.3 Å². The van der Waals surface area contributed by atoms with Crippen LogP contribution in [0.4, 0.5) is 5.82 Å². The van der Waals surface area contributed by atoms with Crippen LogP contribution in [0.2, 0.25) is 0 Å². The van der Waals surface area contributed by atoms with Gasteiger partial charge in [0.1, 0.15) is 5.65 Å². The van der Waals surface area contributed by atoms with Crippen LogP contribution < -0.4 is 5.32 Å². The molecule has 2 aromatic rings. The lowest BCUT2D eigenvalue weighted by Gasteiger charge is -2.25. The van der Waals surface area contributed by atoms with Crippen molar-refractivity contribution in [2.75, 3.05) is 37.0 Å². The third-order valence-electron chi connectivity index (χ3n) is 3.44. The standard InChI is InChI=1S/C12H16N4O3S2/c1-13-11-12(16-5-3-2-4-10(16)14-11)21(18,19)15-6-8-20(17)9-7-15/h2-5,13H,6-9H2,1H3. The molecule has 1 aliphatic rings. The Labute approximate surface area is 125 Å². The van der Waals surface area contributed by atoms with Crippen LogP contribution in [0.15, 0.2) is 29.4 Å². The molecule has 9 heteroatoms. The lowest BCUT2D eigenvalue weighted by atomic mass is 10.5. The first-order valence-electron chi connectivity index (χ1n) is 6.54. The summed E-state index contributed by atoms with van der Waals surface area (Å²) in [6.45, 7) is 0.552. The quantitative estimate of drug-likeness (QED) is 0.866. The summed E-state index contributed by atoms with van der Waals surface area (Å²) in [5.41, 5.74) is 0.570. The summed E-state index contributed by atoms with van der Waals surface area (Å²) in [7, 11) is -2.95. The van der Waals surface area contributed by atoms with Crippen molar-refractivity contribution in [1.82, 2.24) is 13.7 Å². The maximum Gasteiger partial charge on any atom is 0.262 e. The molecule has 0 amide bonds. The van der Waals surface area contributed by atoms with Crippen molar-refractivity contribution in [1.29, 1.82) is 0 Å². The topological polar surface area (TPSA) is 83.8 Å². The van der Waals surface area contributed by atoms with Gasteiger partial charge < -0.3 is 5.32 Å². The van der Waals surface area contributed by atoms with Crippen molar-refractivity contribution in [2.45, 2.75) is 5.03 Å². The van der Waals surface area contributed by atoms with Gasteiger partial charge in [0.25, 0.3) is 10.0 Å². The Balaban J connectivity index is 2.12. The van der Waals surface area contributed by atoms with E-state index in [1.165, 1.54) is 4.31 Å². The number of sulfonamides is 1. The number of nitrogens with one attached hydrogen (secondary N) is 1. The number of fused-ring (bicyclic) bond motifs is 1. The molecule has 0 unspecified atom stereocenters. The number of pyridine rings is 1. The summed E-state index contributed by atoms with van der Waals surface area (Å²) >= 11 is 0. The van der Waals surface area contributed by atoms with Crippen molar-refractivity contribution in [3.8, 4) is 0 Å². The summed E-state index contributed by atoms with van der Waals surface area (Å²) in [5.74, 6) is 1.09. The smallest absolute Gasteiger partial charge is 0.262 e. The van der Waals surface area contributed by atoms with E-state index in [9.17, 15) is 12.6 Å². The number of rotatable bonds is 3. The van der Waals surface area contributed by atoms with Crippen LogP contribution in [0.3, 0.4) is 0 Å². The van der Waals surface area contributed by atoms with Crippen molar-refractivity contribution in [2.24, 2.45) is 0 Å². The van der Waals surface area contributed by atoms with Gasteiger partial charge in [-0.15, -0.1) is 0 Å². The first kappa shape index (κ1) is 14.5. The molecule has 0 aliphatic carbocycles. The predicted molar refractivity (Wildman–Crippen MR) is 81.4 cm³/mol. The van der Waals surface area contributed by atoms with Gasteiger partial charge in [-0.1, -0.05) is 6.07 Å². The Kier molecular flexibility index (Phi) is 3.72. The molecule has 1 saturated heterocycles. The Hall–Kier alpha value is -1.45. The van der Waals surface area contributed by atoms with Gasteiger partial charge in [-0.05, 0) is 12.1 Å². The number of aromatic nitrogens is 2. The molecule has 0 atom stereocenters. The highest BCUT2D eigenvalue weighted by Gasteiger charge is 2.33. The third-order valence-corrected chi connectivity index (χ3v) is 6.64. The maximum absolute atomic E-state index is 12.9. The number of imidazole rings is 1. The van der Waals surface area contributed by atoms with Crippen LogP contribution in [0.25, 0.3) is 5.65 Å². The number of nitrogens with zero attached hydrogens (tertiary/aromatic N) is 3. The van der Waals surface area contributed by atoms with Crippen LogP contribution in [0.1, 0.15) is 0 Å². The molecular weight excluding hydrogens is 312 g/mol. The lowest BCUT2D eigenvalue weighted by molar-refractivity contribution is 0.436. The molecule has 0 saturated carbocycles.